The van der Waals surface area contributed by atoms with E-state index in [1.165, 1.54) is 12.1 Å². The van der Waals surface area contributed by atoms with Crippen molar-refractivity contribution in [1.29, 1.82) is 0 Å². The quantitative estimate of drug-likeness (QED) is 0.219. The van der Waals surface area contributed by atoms with Crippen molar-refractivity contribution in [2.24, 2.45) is 0 Å². The Balaban J connectivity index is 1.84. The van der Waals surface area contributed by atoms with Crippen LogP contribution in [0.25, 0.3) is 33.0 Å². The summed E-state index contributed by atoms with van der Waals surface area (Å²) in [7, 11) is 0. The van der Waals surface area contributed by atoms with Crippen molar-refractivity contribution >= 4 is 10.8 Å². The zero-order valence-electron chi connectivity index (χ0n) is 16.7. The molecule has 0 aliphatic heterocycles. The second-order valence-corrected chi connectivity index (χ2v) is 7.42. The zero-order valence-corrected chi connectivity index (χ0v) is 16.7. The van der Waals surface area contributed by atoms with E-state index in [0.29, 0.717) is 18.6 Å². The highest BCUT2D eigenvalue weighted by Crippen LogP contribution is 2.36. The summed E-state index contributed by atoms with van der Waals surface area (Å²) in [6.07, 6.45) is 1.46. The van der Waals surface area contributed by atoms with E-state index in [-0.39, 0.29) is 16.7 Å². The average Bonchev–Trinajstić information content (AvgIpc) is 2.71. The Bertz CT molecular complexity index is 1340. The lowest BCUT2D eigenvalue weighted by Crippen LogP contribution is -1.98. The molecular weight excluding hydrogens is 433 g/mol. The maximum Gasteiger partial charge on any atom is 0.195 e. The summed E-state index contributed by atoms with van der Waals surface area (Å²) >= 11 is 0. The molecule has 32 heavy (non-hydrogen) atoms. The van der Waals surface area contributed by atoms with E-state index < -0.39 is 57.1 Å². The van der Waals surface area contributed by atoms with Gasteiger partial charge >= 0.3 is 0 Å². The third-order valence-corrected chi connectivity index (χ3v) is 5.24. The molecule has 0 aliphatic rings. The molecule has 0 atom stereocenters. The van der Waals surface area contributed by atoms with Crippen LogP contribution in [0, 0.1) is 40.7 Å². The Kier molecular flexibility index (Phi) is 5.67. The number of rotatable bonds is 4. The molecule has 0 aliphatic carbocycles. The molecule has 0 unspecified atom stereocenters. The molecule has 4 aromatic rings. The van der Waals surface area contributed by atoms with Gasteiger partial charge in [0.05, 0.1) is 10.9 Å². The molecule has 7 heteroatoms. The van der Waals surface area contributed by atoms with Crippen LogP contribution in [0.4, 0.5) is 30.7 Å². The van der Waals surface area contributed by atoms with Gasteiger partial charge in [0, 0.05) is 5.56 Å². The standard InChI is InChI=1S/C25H15F7/c1-2-3-12-4-5-16(17(26)6-12)13-8-18(27)22(19(28)9-13)14-7-15-11-21(30)24(31)25(32)23(15)20(29)10-14/h4-11H,2-3H2,1H3. The predicted molar refractivity (Wildman–Crippen MR) is 109 cm³/mol. The van der Waals surface area contributed by atoms with Crippen LogP contribution in [-0.4, -0.2) is 0 Å². The Labute approximate surface area is 178 Å². The molecule has 0 nitrogen and oxygen atoms in total. The van der Waals surface area contributed by atoms with Crippen LogP contribution < -0.4 is 0 Å². The molecule has 164 valence electrons. The highest BCUT2D eigenvalue weighted by molar-refractivity contribution is 5.89. The van der Waals surface area contributed by atoms with Crippen molar-refractivity contribution in [3.8, 4) is 22.3 Å². The van der Waals surface area contributed by atoms with Crippen molar-refractivity contribution in [2.75, 3.05) is 0 Å². The summed E-state index contributed by atoms with van der Waals surface area (Å²) in [6.45, 7) is 1.93. The molecule has 4 aromatic carbocycles. The number of benzene rings is 4. The monoisotopic (exact) mass is 448 g/mol. The maximum absolute atomic E-state index is 14.9. The van der Waals surface area contributed by atoms with Crippen molar-refractivity contribution < 1.29 is 30.7 Å². The van der Waals surface area contributed by atoms with Crippen LogP contribution in [0.1, 0.15) is 18.9 Å². The van der Waals surface area contributed by atoms with Gasteiger partial charge < -0.3 is 0 Å². The number of fused-ring (bicyclic) bond motifs is 1. The molecule has 0 spiro atoms. The van der Waals surface area contributed by atoms with Crippen LogP contribution in [0.2, 0.25) is 0 Å². The van der Waals surface area contributed by atoms with E-state index in [1.54, 1.807) is 6.07 Å². The lowest BCUT2D eigenvalue weighted by Gasteiger charge is -2.12. The molecule has 0 radical (unpaired) electrons. The van der Waals surface area contributed by atoms with Crippen LogP contribution in [0.3, 0.4) is 0 Å². The van der Waals surface area contributed by atoms with E-state index in [0.717, 1.165) is 30.2 Å². The summed E-state index contributed by atoms with van der Waals surface area (Å²) in [4.78, 5) is 0. The SMILES string of the molecule is CCCc1ccc(-c2cc(F)c(-c3cc(F)c4c(F)c(F)c(F)cc4c3)c(F)c2)c(F)c1. The molecule has 0 fully saturated rings. The predicted octanol–water partition coefficient (Wildman–Crippen LogP) is 8.10. The van der Waals surface area contributed by atoms with Gasteiger partial charge in [-0.3, -0.25) is 0 Å². The number of halogens is 7. The van der Waals surface area contributed by atoms with Gasteiger partial charge in [0.1, 0.15) is 23.3 Å². The average molecular weight is 448 g/mol. The van der Waals surface area contributed by atoms with Gasteiger partial charge in [-0.15, -0.1) is 0 Å². The molecule has 0 N–H and O–H groups in total. The summed E-state index contributed by atoms with van der Waals surface area (Å²) in [5.74, 6) is -9.36. The Morgan fingerprint density at radius 1 is 0.594 bits per heavy atom. The Morgan fingerprint density at radius 2 is 1.25 bits per heavy atom. The third kappa shape index (κ3) is 3.72. The van der Waals surface area contributed by atoms with Crippen LogP contribution in [0.5, 0.6) is 0 Å². The first-order chi connectivity index (χ1) is 15.2. The molecule has 0 aromatic heterocycles. The minimum Gasteiger partial charge on any atom is -0.206 e. The largest absolute Gasteiger partial charge is 0.206 e. The van der Waals surface area contributed by atoms with Gasteiger partial charge in [0.25, 0.3) is 0 Å². The maximum atomic E-state index is 14.9. The summed E-state index contributed by atoms with van der Waals surface area (Å²) in [5, 5.41) is -1.24. The smallest absolute Gasteiger partial charge is 0.195 e. The first-order valence-corrected chi connectivity index (χ1v) is 9.76. The van der Waals surface area contributed by atoms with Gasteiger partial charge in [0.15, 0.2) is 17.5 Å². The van der Waals surface area contributed by atoms with Gasteiger partial charge in [0.2, 0.25) is 0 Å². The topological polar surface area (TPSA) is 0 Å². The molecular formula is C25H15F7. The van der Waals surface area contributed by atoms with Crippen molar-refractivity contribution in [3.05, 3.63) is 94.8 Å². The molecule has 0 saturated carbocycles. The number of aryl methyl sites for hydroxylation is 1. The fourth-order valence-corrected chi connectivity index (χ4v) is 3.77. The van der Waals surface area contributed by atoms with E-state index in [1.807, 2.05) is 6.92 Å². The van der Waals surface area contributed by atoms with Gasteiger partial charge in [-0.1, -0.05) is 25.5 Å². The van der Waals surface area contributed by atoms with E-state index in [4.69, 9.17) is 0 Å². The van der Waals surface area contributed by atoms with Gasteiger partial charge in [-0.05, 0) is 64.9 Å². The second kappa shape index (κ2) is 8.30. The molecule has 0 amide bonds. The summed E-state index contributed by atoms with van der Waals surface area (Å²) < 4.78 is 99.6. The zero-order chi connectivity index (χ0) is 23.2. The molecule has 0 heterocycles. The molecule has 4 rings (SSSR count). The number of hydrogen-bond donors (Lipinski definition) is 0. The second-order valence-electron chi connectivity index (χ2n) is 7.42. The highest BCUT2D eigenvalue weighted by Gasteiger charge is 2.21. The molecule has 0 bridgehead atoms. The fraction of sp³-hybridized carbons (Fsp3) is 0.120. The van der Waals surface area contributed by atoms with E-state index in [2.05, 4.69) is 0 Å². The Hall–Kier alpha value is -3.35. The first kappa shape index (κ1) is 21.9. The van der Waals surface area contributed by atoms with Crippen molar-refractivity contribution in [1.82, 2.24) is 0 Å². The van der Waals surface area contributed by atoms with Crippen LogP contribution >= 0.6 is 0 Å². The molecule has 0 saturated heterocycles. The number of hydrogen-bond acceptors (Lipinski definition) is 0. The minimum atomic E-state index is -1.85. The van der Waals surface area contributed by atoms with Gasteiger partial charge in [-0.25, -0.2) is 30.7 Å². The van der Waals surface area contributed by atoms with Crippen molar-refractivity contribution in [3.63, 3.8) is 0 Å². The summed E-state index contributed by atoms with van der Waals surface area (Å²) in [5.41, 5.74) is -0.347. The van der Waals surface area contributed by atoms with E-state index in [9.17, 15) is 30.7 Å². The van der Waals surface area contributed by atoms with Gasteiger partial charge in [-0.2, -0.15) is 0 Å². The first-order valence-electron chi connectivity index (χ1n) is 9.76. The Morgan fingerprint density at radius 3 is 1.88 bits per heavy atom. The third-order valence-electron chi connectivity index (χ3n) is 5.24. The lowest BCUT2D eigenvalue weighted by atomic mass is 9.95. The van der Waals surface area contributed by atoms with Crippen molar-refractivity contribution in [2.45, 2.75) is 19.8 Å². The minimum absolute atomic E-state index is 0.0153. The highest BCUT2D eigenvalue weighted by atomic mass is 19.2. The van der Waals surface area contributed by atoms with Crippen LogP contribution in [0.15, 0.2) is 48.5 Å². The summed E-state index contributed by atoms with van der Waals surface area (Å²) in [6, 6.07) is 8.28. The fourth-order valence-electron chi connectivity index (χ4n) is 3.77. The normalized spacial score (nSPS) is 11.4. The van der Waals surface area contributed by atoms with E-state index >= 15 is 0 Å². The lowest BCUT2D eigenvalue weighted by molar-refractivity contribution is 0.451. The van der Waals surface area contributed by atoms with Crippen LogP contribution in [-0.2, 0) is 6.42 Å².